The number of carbonyl (C=O) groups is 1. The minimum absolute atomic E-state index is 0.119. The van der Waals surface area contributed by atoms with Crippen molar-refractivity contribution in [3.8, 4) is 5.75 Å². The molecule has 108 valence electrons. The van der Waals surface area contributed by atoms with Gasteiger partial charge in [-0.25, -0.2) is 0 Å². The van der Waals surface area contributed by atoms with Crippen molar-refractivity contribution in [3.63, 3.8) is 0 Å². The van der Waals surface area contributed by atoms with Gasteiger partial charge in [0.05, 0.1) is 17.7 Å². The van der Waals surface area contributed by atoms with Gasteiger partial charge in [-0.05, 0) is 35.9 Å². The Bertz CT molecular complexity index is 708. The van der Waals surface area contributed by atoms with E-state index < -0.39 is 17.6 Å². The van der Waals surface area contributed by atoms with Crippen molar-refractivity contribution >= 4 is 11.6 Å². The lowest BCUT2D eigenvalue weighted by Crippen LogP contribution is -2.23. The lowest BCUT2D eigenvalue weighted by molar-refractivity contribution is -0.137. The molecule has 1 N–H and O–H groups in total. The van der Waals surface area contributed by atoms with Crippen molar-refractivity contribution in [3.05, 3.63) is 59.2 Å². The van der Waals surface area contributed by atoms with E-state index >= 15 is 0 Å². The van der Waals surface area contributed by atoms with Gasteiger partial charge in [0.1, 0.15) is 5.75 Å². The van der Waals surface area contributed by atoms with Crippen LogP contribution in [0.3, 0.4) is 0 Å². The van der Waals surface area contributed by atoms with E-state index in [0.29, 0.717) is 11.3 Å². The predicted molar refractivity (Wildman–Crippen MR) is 70.1 cm³/mol. The summed E-state index contributed by atoms with van der Waals surface area (Å²) < 4.78 is 37.6. The summed E-state index contributed by atoms with van der Waals surface area (Å²) in [6.07, 6.45) is -4.41. The molecular weight excluding hydrogens is 283 g/mol. The molecule has 0 atom stereocenters. The van der Waals surface area contributed by atoms with E-state index in [-0.39, 0.29) is 17.9 Å². The number of aromatic hydroxyl groups is 1. The van der Waals surface area contributed by atoms with Crippen LogP contribution in [-0.4, -0.2) is 11.0 Å². The van der Waals surface area contributed by atoms with E-state index in [1.807, 2.05) is 0 Å². The number of phenolic OH excluding ortho intramolecular Hbond substituents is 1. The fourth-order valence-electron chi connectivity index (χ4n) is 2.38. The summed E-state index contributed by atoms with van der Waals surface area (Å²) in [6.45, 7) is 0.230. The van der Waals surface area contributed by atoms with E-state index in [0.717, 1.165) is 12.1 Å². The molecule has 0 saturated heterocycles. The van der Waals surface area contributed by atoms with Crippen molar-refractivity contribution in [2.24, 2.45) is 0 Å². The Labute approximate surface area is 118 Å². The van der Waals surface area contributed by atoms with Gasteiger partial charge >= 0.3 is 6.18 Å². The Hall–Kier alpha value is -2.50. The first-order valence-corrected chi connectivity index (χ1v) is 6.18. The molecule has 0 spiro atoms. The normalized spacial score (nSPS) is 14.4. The zero-order chi connectivity index (χ0) is 15.2. The zero-order valence-electron chi connectivity index (χ0n) is 10.7. The Kier molecular flexibility index (Phi) is 2.90. The molecule has 0 unspecified atom stereocenters. The molecule has 0 radical (unpaired) electrons. The van der Waals surface area contributed by atoms with E-state index in [1.165, 1.54) is 23.1 Å². The fraction of sp³-hybridized carbons (Fsp3) is 0.133. The predicted octanol–water partition coefficient (Wildman–Crippen LogP) is 3.57. The molecule has 1 amide bonds. The lowest BCUT2D eigenvalue weighted by Gasteiger charge is -2.16. The van der Waals surface area contributed by atoms with Gasteiger partial charge in [-0.1, -0.05) is 12.1 Å². The maximum atomic E-state index is 12.5. The van der Waals surface area contributed by atoms with Gasteiger partial charge in [-0.3, -0.25) is 4.79 Å². The Balaban J connectivity index is 1.94. The van der Waals surface area contributed by atoms with E-state index in [1.54, 1.807) is 12.1 Å². The number of carbonyl (C=O) groups excluding carboxylic acids is 1. The molecule has 1 aliphatic heterocycles. The van der Waals surface area contributed by atoms with E-state index in [2.05, 4.69) is 0 Å². The quantitative estimate of drug-likeness (QED) is 0.873. The molecule has 1 aliphatic rings. The van der Waals surface area contributed by atoms with Crippen LogP contribution in [0.15, 0.2) is 42.5 Å². The second kappa shape index (κ2) is 4.51. The van der Waals surface area contributed by atoms with Crippen molar-refractivity contribution in [2.45, 2.75) is 12.7 Å². The zero-order valence-corrected chi connectivity index (χ0v) is 10.7. The largest absolute Gasteiger partial charge is 0.507 e. The van der Waals surface area contributed by atoms with Crippen LogP contribution in [0.5, 0.6) is 5.75 Å². The third kappa shape index (κ3) is 2.22. The molecule has 0 fully saturated rings. The van der Waals surface area contributed by atoms with Gasteiger partial charge in [0.2, 0.25) is 0 Å². The maximum absolute atomic E-state index is 12.5. The number of hydrogen-bond donors (Lipinski definition) is 1. The van der Waals surface area contributed by atoms with Crippen LogP contribution >= 0.6 is 0 Å². The van der Waals surface area contributed by atoms with E-state index in [4.69, 9.17) is 0 Å². The maximum Gasteiger partial charge on any atom is 0.416 e. The summed E-state index contributed by atoms with van der Waals surface area (Å²) in [6, 6.07) is 9.12. The first-order chi connectivity index (χ1) is 9.88. The lowest BCUT2D eigenvalue weighted by atomic mass is 10.1. The van der Waals surface area contributed by atoms with Crippen molar-refractivity contribution in [2.75, 3.05) is 4.90 Å². The van der Waals surface area contributed by atoms with Crippen LogP contribution in [0.2, 0.25) is 0 Å². The van der Waals surface area contributed by atoms with Gasteiger partial charge < -0.3 is 10.0 Å². The number of anilines is 1. The van der Waals surface area contributed by atoms with E-state index in [9.17, 15) is 23.1 Å². The first kappa shape index (κ1) is 13.5. The van der Waals surface area contributed by atoms with Crippen LogP contribution in [-0.2, 0) is 12.7 Å². The standard InChI is InChI=1S/C15H10F3NO2/c16-15(17,18)10-4-6-11(7-5-10)19-8-9-2-1-3-12(20)13(9)14(19)21/h1-7,20H,8H2. The van der Waals surface area contributed by atoms with Gasteiger partial charge in [0.15, 0.2) is 0 Å². The number of alkyl halides is 3. The van der Waals surface area contributed by atoms with Crippen molar-refractivity contribution in [1.82, 2.24) is 0 Å². The Morgan fingerprint density at radius 1 is 1.05 bits per heavy atom. The summed E-state index contributed by atoms with van der Waals surface area (Å²) in [5, 5.41) is 9.72. The minimum Gasteiger partial charge on any atom is -0.507 e. The number of benzene rings is 2. The van der Waals surface area contributed by atoms with Gasteiger partial charge in [-0.2, -0.15) is 13.2 Å². The molecule has 3 rings (SSSR count). The van der Waals surface area contributed by atoms with Crippen LogP contribution in [0.1, 0.15) is 21.5 Å². The molecule has 21 heavy (non-hydrogen) atoms. The number of rotatable bonds is 1. The molecule has 1 heterocycles. The highest BCUT2D eigenvalue weighted by Crippen LogP contribution is 2.35. The van der Waals surface area contributed by atoms with Crippen molar-refractivity contribution < 1.29 is 23.1 Å². The number of phenols is 1. The van der Waals surface area contributed by atoms with Gasteiger partial charge in [-0.15, -0.1) is 0 Å². The van der Waals surface area contributed by atoms with Crippen LogP contribution in [0.25, 0.3) is 0 Å². The highest BCUT2D eigenvalue weighted by Gasteiger charge is 2.33. The third-order valence-electron chi connectivity index (χ3n) is 3.42. The number of halogens is 3. The topological polar surface area (TPSA) is 40.5 Å². The number of nitrogens with zero attached hydrogens (tertiary/aromatic N) is 1. The highest BCUT2D eigenvalue weighted by molar-refractivity contribution is 6.11. The monoisotopic (exact) mass is 293 g/mol. The molecule has 0 aliphatic carbocycles. The highest BCUT2D eigenvalue weighted by atomic mass is 19.4. The molecule has 2 aromatic carbocycles. The van der Waals surface area contributed by atoms with Crippen molar-refractivity contribution in [1.29, 1.82) is 0 Å². The molecular formula is C15H10F3NO2. The number of amides is 1. The molecule has 0 aromatic heterocycles. The minimum atomic E-state index is -4.41. The SMILES string of the molecule is O=C1c2c(O)cccc2CN1c1ccc(C(F)(F)F)cc1. The average molecular weight is 293 g/mol. The molecule has 3 nitrogen and oxygen atoms in total. The summed E-state index contributed by atoms with van der Waals surface area (Å²) in [5.41, 5.74) is 0.458. The molecule has 0 saturated carbocycles. The molecule has 0 bridgehead atoms. The Morgan fingerprint density at radius 3 is 2.29 bits per heavy atom. The fourth-order valence-corrected chi connectivity index (χ4v) is 2.38. The number of hydrogen-bond acceptors (Lipinski definition) is 2. The van der Waals surface area contributed by atoms with Crippen LogP contribution < -0.4 is 4.90 Å². The summed E-state index contributed by atoms with van der Waals surface area (Å²) in [5.74, 6) is -0.533. The third-order valence-corrected chi connectivity index (χ3v) is 3.42. The Morgan fingerprint density at radius 2 is 1.71 bits per heavy atom. The summed E-state index contributed by atoms with van der Waals surface area (Å²) in [4.78, 5) is 13.6. The average Bonchev–Trinajstić information content (AvgIpc) is 2.77. The molecule has 2 aromatic rings. The summed E-state index contributed by atoms with van der Waals surface area (Å²) >= 11 is 0. The van der Waals surface area contributed by atoms with Crippen LogP contribution in [0, 0.1) is 0 Å². The van der Waals surface area contributed by atoms with Gasteiger partial charge in [0.25, 0.3) is 5.91 Å². The van der Waals surface area contributed by atoms with Crippen LogP contribution in [0.4, 0.5) is 18.9 Å². The second-order valence-electron chi connectivity index (χ2n) is 4.75. The molecule has 6 heteroatoms. The first-order valence-electron chi connectivity index (χ1n) is 6.18. The smallest absolute Gasteiger partial charge is 0.416 e. The van der Waals surface area contributed by atoms with Gasteiger partial charge in [0, 0.05) is 5.69 Å². The summed E-state index contributed by atoms with van der Waals surface area (Å²) in [7, 11) is 0. The number of fused-ring (bicyclic) bond motifs is 1. The second-order valence-corrected chi connectivity index (χ2v) is 4.75.